The topological polar surface area (TPSA) is 41.6 Å². The summed E-state index contributed by atoms with van der Waals surface area (Å²) in [7, 11) is 0. The lowest BCUT2D eigenvalue weighted by atomic mass is 10.1. The molecular weight excluding hydrogens is 252 g/mol. The second kappa shape index (κ2) is 7.67. The monoisotopic (exact) mass is 282 g/mol. The van der Waals surface area contributed by atoms with Crippen molar-refractivity contribution in [3.05, 3.63) is 12.7 Å². The van der Waals surface area contributed by atoms with Gasteiger partial charge >= 0.3 is 6.09 Å². The zero-order valence-corrected chi connectivity index (χ0v) is 13.4. The first-order valence-corrected chi connectivity index (χ1v) is 7.67. The Morgan fingerprint density at radius 1 is 1.55 bits per heavy atom. The minimum atomic E-state index is -0.422. The number of carbonyl (C=O) groups excluding carboxylic acids is 1. The summed E-state index contributed by atoms with van der Waals surface area (Å²) < 4.78 is 5.47. The van der Waals surface area contributed by atoms with Crippen LogP contribution < -0.4 is 5.32 Å². The van der Waals surface area contributed by atoms with Crippen LogP contribution in [0.1, 0.15) is 53.4 Å². The van der Waals surface area contributed by atoms with Gasteiger partial charge in [-0.1, -0.05) is 6.08 Å². The highest BCUT2D eigenvalue weighted by molar-refractivity contribution is 5.69. The summed E-state index contributed by atoms with van der Waals surface area (Å²) in [6.07, 6.45) is 5.99. The molecule has 1 N–H and O–H groups in total. The number of rotatable bonds is 6. The second-order valence-electron chi connectivity index (χ2n) is 6.65. The van der Waals surface area contributed by atoms with Gasteiger partial charge in [0.05, 0.1) is 0 Å². The Kier molecular flexibility index (Phi) is 6.53. The van der Waals surface area contributed by atoms with Gasteiger partial charge < -0.3 is 15.0 Å². The normalized spacial score (nSPS) is 20.8. The van der Waals surface area contributed by atoms with Gasteiger partial charge in [0.1, 0.15) is 5.60 Å². The molecule has 1 amide bonds. The summed E-state index contributed by atoms with van der Waals surface area (Å²) in [4.78, 5) is 14.0. The Bertz CT molecular complexity index is 323. The van der Waals surface area contributed by atoms with Crippen LogP contribution in [0.15, 0.2) is 12.7 Å². The highest BCUT2D eigenvalue weighted by Gasteiger charge is 2.31. The average Bonchev–Trinajstić information content (AvgIpc) is 2.80. The molecule has 1 heterocycles. The second-order valence-corrected chi connectivity index (χ2v) is 6.65. The fourth-order valence-corrected chi connectivity index (χ4v) is 2.42. The van der Waals surface area contributed by atoms with Crippen LogP contribution in [-0.2, 0) is 4.74 Å². The van der Waals surface area contributed by atoms with E-state index in [9.17, 15) is 4.79 Å². The number of ether oxygens (including phenoxy) is 1. The van der Waals surface area contributed by atoms with Crippen molar-refractivity contribution in [3.8, 4) is 0 Å². The minimum absolute atomic E-state index is 0.180. The molecule has 1 fully saturated rings. The van der Waals surface area contributed by atoms with Gasteiger partial charge in [-0.3, -0.25) is 0 Å². The van der Waals surface area contributed by atoms with Gasteiger partial charge in [-0.2, -0.15) is 0 Å². The van der Waals surface area contributed by atoms with E-state index in [1.165, 1.54) is 0 Å². The number of amides is 1. The van der Waals surface area contributed by atoms with Crippen molar-refractivity contribution in [2.24, 2.45) is 0 Å². The molecule has 116 valence electrons. The summed E-state index contributed by atoms with van der Waals surface area (Å²) in [6.45, 7) is 13.3. The minimum Gasteiger partial charge on any atom is -0.444 e. The lowest BCUT2D eigenvalue weighted by Crippen LogP contribution is -2.45. The van der Waals surface area contributed by atoms with Gasteiger partial charge in [-0.05, 0) is 53.4 Å². The van der Waals surface area contributed by atoms with E-state index in [0.717, 1.165) is 38.8 Å². The maximum absolute atomic E-state index is 12.2. The van der Waals surface area contributed by atoms with Crippen molar-refractivity contribution in [2.45, 2.75) is 71.1 Å². The SMILES string of the molecule is C=CCCC(C)NCC1CCCN1C(=O)OC(C)(C)C. The van der Waals surface area contributed by atoms with Gasteiger partial charge in [-0.15, -0.1) is 6.58 Å². The maximum atomic E-state index is 12.2. The third kappa shape index (κ3) is 5.95. The van der Waals surface area contributed by atoms with E-state index >= 15 is 0 Å². The van der Waals surface area contributed by atoms with Crippen LogP contribution in [0.25, 0.3) is 0 Å². The number of allylic oxidation sites excluding steroid dienone is 1. The molecule has 4 nitrogen and oxygen atoms in total. The number of nitrogens with one attached hydrogen (secondary N) is 1. The molecule has 1 aliphatic rings. The van der Waals surface area contributed by atoms with Crippen molar-refractivity contribution < 1.29 is 9.53 Å². The van der Waals surface area contributed by atoms with Crippen molar-refractivity contribution >= 4 is 6.09 Å². The van der Waals surface area contributed by atoms with Crippen LogP contribution >= 0.6 is 0 Å². The molecule has 2 unspecified atom stereocenters. The first kappa shape index (κ1) is 17.0. The Morgan fingerprint density at radius 2 is 2.25 bits per heavy atom. The standard InChI is InChI=1S/C16H30N2O2/c1-6-7-9-13(2)17-12-14-10-8-11-18(14)15(19)20-16(3,4)5/h6,13-14,17H,1,7-12H2,2-5H3. The first-order chi connectivity index (χ1) is 9.33. The number of hydrogen-bond acceptors (Lipinski definition) is 3. The third-order valence-electron chi connectivity index (χ3n) is 3.51. The van der Waals surface area contributed by atoms with Crippen LogP contribution in [0.2, 0.25) is 0 Å². The van der Waals surface area contributed by atoms with Gasteiger partial charge in [0, 0.05) is 25.2 Å². The number of likely N-dealkylation sites (tertiary alicyclic amines) is 1. The zero-order valence-electron chi connectivity index (χ0n) is 13.4. The molecule has 0 aromatic heterocycles. The molecule has 0 aromatic rings. The summed E-state index contributed by atoms with van der Waals surface area (Å²) >= 11 is 0. The Balaban J connectivity index is 2.41. The Labute approximate surface area is 123 Å². The van der Waals surface area contributed by atoms with Gasteiger partial charge in [0.2, 0.25) is 0 Å². The van der Waals surface area contributed by atoms with E-state index in [-0.39, 0.29) is 12.1 Å². The van der Waals surface area contributed by atoms with Crippen LogP contribution in [0.3, 0.4) is 0 Å². The number of carbonyl (C=O) groups is 1. The van der Waals surface area contributed by atoms with Crippen molar-refractivity contribution in [1.82, 2.24) is 10.2 Å². The summed E-state index contributed by atoms with van der Waals surface area (Å²) in [5, 5.41) is 3.51. The maximum Gasteiger partial charge on any atom is 0.410 e. The van der Waals surface area contributed by atoms with Crippen molar-refractivity contribution in [2.75, 3.05) is 13.1 Å². The molecule has 1 saturated heterocycles. The van der Waals surface area contributed by atoms with E-state index in [4.69, 9.17) is 4.74 Å². The Morgan fingerprint density at radius 3 is 2.85 bits per heavy atom. The van der Waals surface area contributed by atoms with Gasteiger partial charge in [0.25, 0.3) is 0 Å². The number of hydrogen-bond donors (Lipinski definition) is 1. The molecule has 0 aromatic carbocycles. The smallest absolute Gasteiger partial charge is 0.410 e. The zero-order chi connectivity index (χ0) is 15.2. The summed E-state index contributed by atoms with van der Waals surface area (Å²) in [5.74, 6) is 0. The molecule has 20 heavy (non-hydrogen) atoms. The van der Waals surface area contributed by atoms with E-state index < -0.39 is 5.60 Å². The largest absolute Gasteiger partial charge is 0.444 e. The molecular formula is C16H30N2O2. The third-order valence-corrected chi connectivity index (χ3v) is 3.51. The van der Waals surface area contributed by atoms with Crippen LogP contribution in [0.5, 0.6) is 0 Å². The molecule has 1 aliphatic heterocycles. The fraction of sp³-hybridized carbons (Fsp3) is 0.812. The quantitative estimate of drug-likeness (QED) is 0.760. The predicted molar refractivity (Wildman–Crippen MR) is 82.9 cm³/mol. The fourth-order valence-electron chi connectivity index (χ4n) is 2.42. The average molecular weight is 282 g/mol. The van der Waals surface area contributed by atoms with Gasteiger partial charge in [-0.25, -0.2) is 4.79 Å². The molecule has 2 atom stereocenters. The molecule has 0 saturated carbocycles. The van der Waals surface area contributed by atoms with E-state index in [1.807, 2.05) is 31.7 Å². The first-order valence-electron chi connectivity index (χ1n) is 7.67. The highest BCUT2D eigenvalue weighted by Crippen LogP contribution is 2.20. The molecule has 4 heteroatoms. The van der Waals surface area contributed by atoms with Gasteiger partial charge in [0.15, 0.2) is 0 Å². The summed E-state index contributed by atoms with van der Waals surface area (Å²) in [6, 6.07) is 0.713. The number of nitrogens with zero attached hydrogens (tertiary/aromatic N) is 1. The lowest BCUT2D eigenvalue weighted by Gasteiger charge is -2.29. The van der Waals surface area contributed by atoms with Crippen molar-refractivity contribution in [3.63, 3.8) is 0 Å². The Hall–Kier alpha value is -1.03. The molecule has 0 aliphatic carbocycles. The molecule has 1 rings (SSSR count). The van der Waals surface area contributed by atoms with Crippen LogP contribution in [-0.4, -0.2) is 41.8 Å². The van der Waals surface area contributed by atoms with Crippen LogP contribution in [0, 0.1) is 0 Å². The van der Waals surface area contributed by atoms with E-state index in [2.05, 4.69) is 18.8 Å². The van der Waals surface area contributed by atoms with E-state index in [1.54, 1.807) is 0 Å². The van der Waals surface area contributed by atoms with Crippen molar-refractivity contribution in [1.29, 1.82) is 0 Å². The molecule has 0 spiro atoms. The highest BCUT2D eigenvalue weighted by atomic mass is 16.6. The molecule has 0 radical (unpaired) electrons. The molecule has 0 bridgehead atoms. The summed E-state index contributed by atoms with van der Waals surface area (Å²) in [5.41, 5.74) is -0.422. The predicted octanol–water partition coefficient (Wildman–Crippen LogP) is 3.33. The van der Waals surface area contributed by atoms with Crippen LogP contribution in [0.4, 0.5) is 4.79 Å². The lowest BCUT2D eigenvalue weighted by molar-refractivity contribution is 0.0225. The van der Waals surface area contributed by atoms with E-state index in [0.29, 0.717) is 6.04 Å².